The summed E-state index contributed by atoms with van der Waals surface area (Å²) >= 11 is 0. The summed E-state index contributed by atoms with van der Waals surface area (Å²) in [5, 5.41) is 19.2. The van der Waals surface area contributed by atoms with Gasteiger partial charge in [-0.3, -0.25) is 0 Å². The molecule has 2 atom stereocenters. The Morgan fingerprint density at radius 3 is 2.45 bits per heavy atom. The highest BCUT2D eigenvalue weighted by Crippen LogP contribution is 2.47. The number of benzene rings is 3. The first-order valence-electron chi connectivity index (χ1n) is 9.96. The van der Waals surface area contributed by atoms with E-state index in [0.717, 1.165) is 45.0 Å². The maximum atomic E-state index is 13.9. The van der Waals surface area contributed by atoms with Crippen molar-refractivity contribution in [3.05, 3.63) is 88.1 Å². The minimum Gasteiger partial charge on any atom is -0.758 e. The fourth-order valence-electron chi connectivity index (χ4n) is 4.04. The molecule has 3 aromatic rings. The van der Waals surface area contributed by atoms with Crippen molar-refractivity contribution in [2.24, 2.45) is 0 Å². The van der Waals surface area contributed by atoms with Crippen LogP contribution in [0.15, 0.2) is 54.6 Å². The van der Waals surface area contributed by atoms with Gasteiger partial charge in [0.15, 0.2) is 0 Å². The van der Waals surface area contributed by atoms with Gasteiger partial charge in [0, 0.05) is 23.4 Å². The quantitative estimate of drug-likeness (QED) is 0.559. The lowest BCUT2D eigenvalue weighted by Gasteiger charge is -2.34. The van der Waals surface area contributed by atoms with Crippen molar-refractivity contribution >= 4 is 17.4 Å². The van der Waals surface area contributed by atoms with Crippen LogP contribution in [0.1, 0.15) is 29.7 Å². The topological polar surface area (TPSA) is 67.4 Å². The minimum atomic E-state index is -0.878. The Labute approximate surface area is 179 Å². The van der Waals surface area contributed by atoms with Crippen LogP contribution in [0, 0.1) is 30.7 Å². The molecule has 0 radical (unpaired) electrons. The van der Waals surface area contributed by atoms with Gasteiger partial charge in [-0.15, -0.1) is 0 Å². The molecule has 0 saturated carbocycles. The van der Waals surface area contributed by atoms with Crippen LogP contribution in [-0.4, -0.2) is 12.1 Å². The Hall–Kier alpha value is -3.45. The number of hydrogen-bond acceptors (Lipinski definition) is 3. The summed E-state index contributed by atoms with van der Waals surface area (Å²) in [5.41, 5.74) is 4.75. The van der Waals surface area contributed by atoms with Crippen LogP contribution >= 0.6 is 0 Å². The number of nitrogens with one attached hydrogen (secondary N) is 2. The number of nitrogens with zero attached hydrogens (tertiary/aromatic N) is 1. The summed E-state index contributed by atoms with van der Waals surface area (Å²) in [6.45, 7) is 5.57. The van der Waals surface area contributed by atoms with Gasteiger partial charge in [0.25, 0.3) is 0 Å². The van der Waals surface area contributed by atoms with Crippen LogP contribution < -0.4 is 15.7 Å². The minimum absolute atomic E-state index is 0.146. The first kappa shape index (κ1) is 20.8. The van der Waals surface area contributed by atoms with Crippen molar-refractivity contribution in [2.75, 3.05) is 10.4 Å². The highest BCUT2D eigenvalue weighted by Gasteiger charge is 2.36. The normalized spacial score (nSPS) is 17.4. The molecule has 2 N–H and O–H groups in total. The number of hydrogen-bond donors (Lipinski definition) is 2. The van der Waals surface area contributed by atoms with Crippen LogP contribution in [0.25, 0.3) is 11.1 Å². The van der Waals surface area contributed by atoms with Gasteiger partial charge in [0.1, 0.15) is 11.6 Å². The standard InChI is InChI=1S/C24H22F2N3O2/c1-13-11-18(16-7-5-4-6-8-16)21-22(15(3)29(31)23(21)14(13)2)28-24(30)27-20-10-9-17(25)12-19(20)26/h4-12,15,22H,1-3H3,(H2,27,28,30)/q-1. The fraction of sp³-hybridized carbons (Fsp3) is 0.208. The van der Waals surface area contributed by atoms with Crippen LogP contribution in [0.4, 0.5) is 25.0 Å². The third-order valence-corrected chi connectivity index (χ3v) is 5.79. The molecule has 0 bridgehead atoms. The third-order valence-electron chi connectivity index (χ3n) is 5.79. The zero-order valence-corrected chi connectivity index (χ0v) is 17.4. The number of carbonyl (C=O) groups is 1. The zero-order valence-electron chi connectivity index (χ0n) is 17.4. The third kappa shape index (κ3) is 3.72. The lowest BCUT2D eigenvalue weighted by atomic mass is 9.90. The molecule has 0 saturated heterocycles. The summed E-state index contributed by atoms with van der Waals surface area (Å²) in [7, 11) is 0. The van der Waals surface area contributed by atoms with Gasteiger partial charge in [-0.25, -0.2) is 13.6 Å². The second-order valence-corrected chi connectivity index (χ2v) is 7.76. The number of aryl methyl sites for hydroxylation is 1. The monoisotopic (exact) mass is 422 g/mol. The molecule has 0 aliphatic carbocycles. The molecule has 2 unspecified atom stereocenters. The first-order valence-corrected chi connectivity index (χ1v) is 9.96. The molecule has 160 valence electrons. The molecular weight excluding hydrogens is 400 g/mol. The SMILES string of the molecule is Cc1cc(-c2ccccc2)c2c(c1C)N([O-])C(C)C2NC(=O)Nc1ccc(F)cc1F. The van der Waals surface area contributed by atoms with Crippen LogP contribution in [0.3, 0.4) is 0 Å². The number of urea groups is 1. The van der Waals surface area contributed by atoms with Crippen molar-refractivity contribution in [3.8, 4) is 11.1 Å². The van der Waals surface area contributed by atoms with Gasteiger partial charge in [0.2, 0.25) is 0 Å². The van der Waals surface area contributed by atoms with E-state index in [9.17, 15) is 18.8 Å². The molecule has 0 spiro atoms. The average Bonchev–Trinajstić information content (AvgIpc) is 2.98. The van der Waals surface area contributed by atoms with E-state index in [2.05, 4.69) is 10.6 Å². The Morgan fingerprint density at radius 2 is 1.77 bits per heavy atom. The predicted octanol–water partition coefficient (Wildman–Crippen LogP) is 5.82. The summed E-state index contributed by atoms with van der Waals surface area (Å²) in [6, 6.07) is 12.7. The fourth-order valence-corrected chi connectivity index (χ4v) is 4.04. The number of hydroxylamine groups is 1. The summed E-state index contributed by atoms with van der Waals surface area (Å²) < 4.78 is 27.1. The molecule has 7 heteroatoms. The van der Waals surface area contributed by atoms with E-state index in [1.54, 1.807) is 6.92 Å². The van der Waals surface area contributed by atoms with E-state index < -0.39 is 29.7 Å². The van der Waals surface area contributed by atoms with E-state index in [0.29, 0.717) is 11.8 Å². The second-order valence-electron chi connectivity index (χ2n) is 7.76. The van der Waals surface area contributed by atoms with Crippen molar-refractivity contribution in [1.29, 1.82) is 0 Å². The van der Waals surface area contributed by atoms with E-state index in [4.69, 9.17) is 0 Å². The lowest BCUT2D eigenvalue weighted by molar-refractivity contribution is 0.247. The Balaban J connectivity index is 1.72. The predicted molar refractivity (Wildman–Crippen MR) is 118 cm³/mol. The second kappa shape index (κ2) is 8.00. The molecule has 5 nitrogen and oxygen atoms in total. The lowest BCUT2D eigenvalue weighted by Crippen LogP contribution is -2.39. The van der Waals surface area contributed by atoms with Gasteiger partial charge in [-0.2, -0.15) is 0 Å². The number of amides is 2. The molecule has 0 aromatic heterocycles. The molecule has 2 amide bonds. The number of carbonyl (C=O) groups excluding carboxylic acids is 1. The molecule has 31 heavy (non-hydrogen) atoms. The maximum Gasteiger partial charge on any atom is 0.319 e. The molecule has 4 rings (SSSR count). The highest BCUT2D eigenvalue weighted by atomic mass is 19.1. The molecule has 1 heterocycles. The van der Waals surface area contributed by atoms with E-state index in [-0.39, 0.29) is 5.69 Å². The van der Waals surface area contributed by atoms with Crippen LogP contribution in [0.2, 0.25) is 0 Å². The number of anilines is 2. The first-order chi connectivity index (χ1) is 14.8. The van der Waals surface area contributed by atoms with Crippen molar-refractivity contribution in [3.63, 3.8) is 0 Å². The highest BCUT2D eigenvalue weighted by molar-refractivity contribution is 5.91. The van der Waals surface area contributed by atoms with Gasteiger partial charge in [-0.1, -0.05) is 36.4 Å². The van der Waals surface area contributed by atoms with Crippen LogP contribution in [0.5, 0.6) is 0 Å². The Bertz CT molecular complexity index is 1150. The van der Waals surface area contributed by atoms with Crippen LogP contribution in [-0.2, 0) is 0 Å². The van der Waals surface area contributed by atoms with E-state index in [1.807, 2.05) is 50.2 Å². The molecular formula is C24H22F2N3O2-. The molecule has 1 aliphatic heterocycles. The van der Waals surface area contributed by atoms with Crippen molar-refractivity contribution in [1.82, 2.24) is 5.32 Å². The van der Waals surface area contributed by atoms with Gasteiger partial charge < -0.3 is 20.9 Å². The van der Waals surface area contributed by atoms with Gasteiger partial charge >= 0.3 is 6.03 Å². The van der Waals surface area contributed by atoms with Crippen molar-refractivity contribution < 1.29 is 13.6 Å². The number of fused-ring (bicyclic) bond motifs is 1. The summed E-state index contributed by atoms with van der Waals surface area (Å²) in [4.78, 5) is 12.7. The number of halogens is 2. The average molecular weight is 422 g/mol. The van der Waals surface area contributed by atoms with Gasteiger partial charge in [0.05, 0.1) is 11.7 Å². The summed E-state index contributed by atoms with van der Waals surface area (Å²) in [5.74, 6) is -1.61. The van der Waals surface area contributed by atoms with E-state index >= 15 is 0 Å². The Morgan fingerprint density at radius 1 is 1.06 bits per heavy atom. The van der Waals surface area contributed by atoms with Gasteiger partial charge in [-0.05, 0) is 55.2 Å². The molecule has 3 aromatic carbocycles. The molecule has 0 fully saturated rings. The smallest absolute Gasteiger partial charge is 0.319 e. The van der Waals surface area contributed by atoms with Crippen molar-refractivity contribution in [2.45, 2.75) is 32.9 Å². The largest absolute Gasteiger partial charge is 0.758 e. The Kier molecular flexibility index (Phi) is 5.37. The van der Waals surface area contributed by atoms with E-state index in [1.165, 1.54) is 0 Å². The maximum absolute atomic E-state index is 13.9. The summed E-state index contributed by atoms with van der Waals surface area (Å²) in [6.07, 6.45) is 0. The zero-order chi connectivity index (χ0) is 22.3. The number of rotatable bonds is 3. The molecule has 1 aliphatic rings.